The van der Waals surface area contributed by atoms with Gasteiger partial charge in [-0.1, -0.05) is 0 Å². The van der Waals surface area contributed by atoms with E-state index in [4.69, 9.17) is 5.11 Å². The molecule has 18 heavy (non-hydrogen) atoms. The monoisotopic (exact) mass is 257 g/mol. The third-order valence-electron chi connectivity index (χ3n) is 2.39. The Kier molecular flexibility index (Phi) is 2.61. The van der Waals surface area contributed by atoms with Crippen LogP contribution in [-0.2, 0) is 6.18 Å². The van der Waals surface area contributed by atoms with E-state index in [1.807, 2.05) is 0 Å². The maximum atomic E-state index is 12.5. The Morgan fingerprint density at radius 2 is 1.94 bits per heavy atom. The molecular formula is C11H6F3NO3. The van der Waals surface area contributed by atoms with E-state index in [2.05, 4.69) is 4.98 Å². The fraction of sp³-hybridized carbons (Fsp3) is 0.0909. The summed E-state index contributed by atoms with van der Waals surface area (Å²) >= 11 is 0. The van der Waals surface area contributed by atoms with Crippen LogP contribution in [0.1, 0.15) is 15.9 Å². The summed E-state index contributed by atoms with van der Waals surface area (Å²) in [5.74, 6) is -2.19. The van der Waals surface area contributed by atoms with Crippen LogP contribution in [0, 0.1) is 0 Å². The number of hydrogen-bond donors (Lipinski definition) is 2. The topological polar surface area (TPSA) is 70.4 Å². The lowest BCUT2D eigenvalue weighted by Gasteiger charge is -2.09. The van der Waals surface area contributed by atoms with Gasteiger partial charge in [0.2, 0.25) is 0 Å². The first-order valence-corrected chi connectivity index (χ1v) is 4.73. The zero-order valence-electron chi connectivity index (χ0n) is 8.69. The van der Waals surface area contributed by atoms with Crippen LogP contribution in [0.15, 0.2) is 24.4 Å². The van der Waals surface area contributed by atoms with Crippen LogP contribution in [0.4, 0.5) is 13.2 Å². The number of benzene rings is 1. The lowest BCUT2D eigenvalue weighted by Crippen LogP contribution is -2.06. The first-order valence-electron chi connectivity index (χ1n) is 4.73. The van der Waals surface area contributed by atoms with E-state index in [1.54, 1.807) is 0 Å². The highest BCUT2D eigenvalue weighted by Crippen LogP contribution is 2.33. The predicted octanol–water partition coefficient (Wildman–Crippen LogP) is 2.66. The van der Waals surface area contributed by atoms with Crippen LogP contribution in [0.25, 0.3) is 10.9 Å². The normalized spacial score (nSPS) is 11.7. The molecular weight excluding hydrogens is 251 g/mol. The molecule has 0 atom stereocenters. The van der Waals surface area contributed by atoms with Crippen molar-refractivity contribution < 1.29 is 28.2 Å². The summed E-state index contributed by atoms with van der Waals surface area (Å²) in [6.45, 7) is 0. The van der Waals surface area contributed by atoms with Crippen molar-refractivity contribution in [3.8, 4) is 5.75 Å². The first-order chi connectivity index (χ1) is 8.30. The van der Waals surface area contributed by atoms with Gasteiger partial charge in [-0.3, -0.25) is 4.98 Å². The molecule has 0 fully saturated rings. The maximum absolute atomic E-state index is 12.5. The Morgan fingerprint density at radius 1 is 1.28 bits per heavy atom. The molecule has 2 N–H and O–H groups in total. The van der Waals surface area contributed by atoms with E-state index in [0.717, 1.165) is 18.3 Å². The Labute approximate surface area is 98.3 Å². The second kappa shape index (κ2) is 3.86. The Bertz CT molecular complexity index is 637. The molecule has 0 aliphatic carbocycles. The third kappa shape index (κ3) is 1.94. The van der Waals surface area contributed by atoms with Crippen LogP contribution in [-0.4, -0.2) is 21.2 Å². The van der Waals surface area contributed by atoms with E-state index in [-0.39, 0.29) is 10.9 Å². The zero-order chi connectivity index (χ0) is 13.5. The molecule has 1 heterocycles. The number of nitrogens with zero attached hydrogens (tertiary/aromatic N) is 1. The van der Waals surface area contributed by atoms with Crippen LogP contribution in [0.5, 0.6) is 5.75 Å². The largest absolute Gasteiger partial charge is 0.505 e. The highest BCUT2D eigenvalue weighted by Gasteiger charge is 2.31. The molecule has 1 aromatic carbocycles. The van der Waals surface area contributed by atoms with Crippen LogP contribution < -0.4 is 0 Å². The smallest absolute Gasteiger partial charge is 0.416 e. The number of carboxylic acids is 1. The van der Waals surface area contributed by atoms with Gasteiger partial charge in [-0.15, -0.1) is 0 Å². The number of aromatic carboxylic acids is 1. The maximum Gasteiger partial charge on any atom is 0.416 e. The molecule has 0 saturated carbocycles. The van der Waals surface area contributed by atoms with E-state index in [1.165, 1.54) is 0 Å². The summed E-state index contributed by atoms with van der Waals surface area (Å²) in [5, 5.41) is 18.0. The quantitative estimate of drug-likeness (QED) is 0.823. The van der Waals surface area contributed by atoms with Crippen LogP contribution >= 0.6 is 0 Å². The van der Waals surface area contributed by atoms with E-state index >= 15 is 0 Å². The number of halogens is 3. The van der Waals surface area contributed by atoms with Gasteiger partial charge in [-0.05, 0) is 18.2 Å². The minimum Gasteiger partial charge on any atom is -0.505 e. The fourth-order valence-corrected chi connectivity index (χ4v) is 1.58. The average Bonchev–Trinajstić information content (AvgIpc) is 2.26. The Morgan fingerprint density at radius 3 is 2.50 bits per heavy atom. The molecule has 2 rings (SSSR count). The molecule has 94 valence electrons. The molecule has 0 aliphatic heterocycles. The predicted molar refractivity (Wildman–Crippen MR) is 55.4 cm³/mol. The van der Waals surface area contributed by atoms with Gasteiger partial charge in [0, 0.05) is 5.39 Å². The van der Waals surface area contributed by atoms with E-state index in [9.17, 15) is 23.1 Å². The molecule has 7 heteroatoms. The van der Waals surface area contributed by atoms with Crippen molar-refractivity contribution in [2.24, 2.45) is 0 Å². The van der Waals surface area contributed by atoms with Crippen molar-refractivity contribution in [2.45, 2.75) is 6.18 Å². The van der Waals surface area contributed by atoms with Crippen LogP contribution in [0.3, 0.4) is 0 Å². The lowest BCUT2D eigenvalue weighted by molar-refractivity contribution is -0.137. The molecule has 0 bridgehead atoms. The SMILES string of the molecule is O=C(O)c1c(O)cnc2ccc(C(F)(F)F)cc12. The molecule has 2 aromatic rings. The lowest BCUT2D eigenvalue weighted by atomic mass is 10.1. The van der Waals surface area contributed by atoms with Gasteiger partial charge in [0.1, 0.15) is 11.3 Å². The summed E-state index contributed by atoms with van der Waals surface area (Å²) in [6.07, 6.45) is -3.70. The number of carboxylic acid groups (broad SMARTS) is 1. The fourth-order valence-electron chi connectivity index (χ4n) is 1.58. The number of alkyl halides is 3. The molecule has 0 unspecified atom stereocenters. The number of rotatable bonds is 1. The van der Waals surface area contributed by atoms with Crippen molar-refractivity contribution in [1.29, 1.82) is 0 Å². The van der Waals surface area contributed by atoms with E-state index in [0.29, 0.717) is 6.07 Å². The van der Waals surface area contributed by atoms with Gasteiger partial charge < -0.3 is 10.2 Å². The van der Waals surface area contributed by atoms with Gasteiger partial charge in [0.05, 0.1) is 17.3 Å². The highest BCUT2D eigenvalue weighted by atomic mass is 19.4. The summed E-state index contributed by atoms with van der Waals surface area (Å²) in [7, 11) is 0. The molecule has 0 spiro atoms. The van der Waals surface area contributed by atoms with E-state index < -0.39 is 29.0 Å². The molecule has 1 aromatic heterocycles. The molecule has 4 nitrogen and oxygen atoms in total. The third-order valence-corrected chi connectivity index (χ3v) is 2.39. The standard InChI is InChI=1S/C11H6F3NO3/c12-11(13,14)5-1-2-7-6(3-5)9(10(17)18)8(16)4-15-7/h1-4,16H,(H,17,18). The summed E-state index contributed by atoms with van der Waals surface area (Å²) < 4.78 is 37.6. The highest BCUT2D eigenvalue weighted by molar-refractivity contribution is 6.04. The number of carbonyl (C=O) groups is 1. The second-order valence-corrected chi connectivity index (χ2v) is 3.55. The molecule has 0 radical (unpaired) electrons. The van der Waals surface area contributed by atoms with Crippen molar-refractivity contribution in [3.05, 3.63) is 35.5 Å². The van der Waals surface area contributed by atoms with Crippen molar-refractivity contribution in [1.82, 2.24) is 4.98 Å². The summed E-state index contributed by atoms with van der Waals surface area (Å²) in [5.41, 5.74) is -1.52. The Balaban J connectivity index is 2.82. The van der Waals surface area contributed by atoms with Crippen molar-refractivity contribution in [2.75, 3.05) is 0 Å². The van der Waals surface area contributed by atoms with Gasteiger partial charge in [0.25, 0.3) is 0 Å². The Hall–Kier alpha value is -2.31. The number of aromatic nitrogens is 1. The van der Waals surface area contributed by atoms with Gasteiger partial charge in [-0.25, -0.2) is 4.79 Å². The van der Waals surface area contributed by atoms with Gasteiger partial charge in [0.15, 0.2) is 0 Å². The van der Waals surface area contributed by atoms with Crippen LogP contribution in [0.2, 0.25) is 0 Å². The number of fused-ring (bicyclic) bond motifs is 1. The minimum absolute atomic E-state index is 0.0678. The molecule has 0 amide bonds. The van der Waals surface area contributed by atoms with Crippen molar-refractivity contribution >= 4 is 16.9 Å². The number of aromatic hydroxyl groups is 1. The number of hydrogen-bond acceptors (Lipinski definition) is 3. The molecule has 0 saturated heterocycles. The average molecular weight is 257 g/mol. The second-order valence-electron chi connectivity index (χ2n) is 3.55. The zero-order valence-corrected chi connectivity index (χ0v) is 8.69. The molecule has 0 aliphatic rings. The van der Waals surface area contributed by atoms with Gasteiger partial charge >= 0.3 is 12.1 Å². The first kappa shape index (κ1) is 12.2. The number of pyridine rings is 1. The summed E-state index contributed by atoms with van der Waals surface area (Å²) in [6, 6.07) is 2.52. The van der Waals surface area contributed by atoms with Crippen molar-refractivity contribution in [3.63, 3.8) is 0 Å². The van der Waals surface area contributed by atoms with Gasteiger partial charge in [-0.2, -0.15) is 13.2 Å². The summed E-state index contributed by atoms with van der Waals surface area (Å²) in [4.78, 5) is 14.6. The minimum atomic E-state index is -4.59.